The quantitative estimate of drug-likeness (QED) is 0.394. The summed E-state index contributed by atoms with van der Waals surface area (Å²) >= 11 is 0. The average molecular weight is 579 g/mol. The van der Waals surface area contributed by atoms with Crippen LogP contribution in [-0.2, 0) is 36.9 Å². The van der Waals surface area contributed by atoms with Gasteiger partial charge in [0.15, 0.2) is 0 Å². The number of fused-ring (bicyclic) bond motifs is 1. The largest absolute Gasteiger partial charge is 0.481 e. The van der Waals surface area contributed by atoms with Gasteiger partial charge in [0.1, 0.15) is 12.1 Å². The molecule has 2 N–H and O–H groups in total. The van der Waals surface area contributed by atoms with E-state index in [-0.39, 0.29) is 31.2 Å². The first-order valence-electron chi connectivity index (χ1n) is 14.3. The van der Waals surface area contributed by atoms with Crippen molar-refractivity contribution >= 4 is 29.6 Å². The number of hydrogen-bond acceptors (Lipinski definition) is 6. The predicted molar refractivity (Wildman–Crippen MR) is 153 cm³/mol. The van der Waals surface area contributed by atoms with E-state index in [0.717, 1.165) is 15.6 Å². The SMILES string of the molecule is CC(C)CCC(=O)N(C(CC(=O)O)C(=O)NC(Cc1ccccc1)C(=O)N1CCOCC1)N1Cc2ccccc2C1=O. The van der Waals surface area contributed by atoms with Crippen LogP contribution in [0.2, 0.25) is 0 Å². The summed E-state index contributed by atoms with van der Waals surface area (Å²) in [5.41, 5.74) is 1.86. The number of carbonyl (C=O) groups is 5. The van der Waals surface area contributed by atoms with Crippen molar-refractivity contribution in [2.45, 2.75) is 58.2 Å². The van der Waals surface area contributed by atoms with Crippen LogP contribution in [0, 0.1) is 5.92 Å². The zero-order valence-corrected chi connectivity index (χ0v) is 24.0. The third kappa shape index (κ3) is 7.52. The van der Waals surface area contributed by atoms with Crippen molar-refractivity contribution in [2.75, 3.05) is 26.3 Å². The number of carboxylic acids is 1. The summed E-state index contributed by atoms with van der Waals surface area (Å²) in [6, 6.07) is 13.5. The van der Waals surface area contributed by atoms with Gasteiger partial charge in [0, 0.05) is 31.5 Å². The Labute approximate surface area is 245 Å². The maximum atomic E-state index is 14.0. The minimum atomic E-state index is -1.56. The van der Waals surface area contributed by atoms with Crippen molar-refractivity contribution in [1.82, 2.24) is 20.2 Å². The highest BCUT2D eigenvalue weighted by molar-refractivity contribution is 6.01. The van der Waals surface area contributed by atoms with E-state index in [9.17, 15) is 29.1 Å². The Bertz CT molecular complexity index is 1290. The van der Waals surface area contributed by atoms with Crippen molar-refractivity contribution in [3.05, 3.63) is 71.3 Å². The van der Waals surface area contributed by atoms with Crippen LogP contribution < -0.4 is 5.32 Å². The van der Waals surface area contributed by atoms with E-state index >= 15 is 0 Å². The van der Waals surface area contributed by atoms with Crippen molar-refractivity contribution in [3.63, 3.8) is 0 Å². The Hall–Kier alpha value is -4.25. The first-order chi connectivity index (χ1) is 20.2. The van der Waals surface area contributed by atoms with E-state index in [4.69, 9.17) is 4.74 Å². The predicted octanol–water partition coefficient (Wildman–Crippen LogP) is 2.25. The Balaban J connectivity index is 1.66. The van der Waals surface area contributed by atoms with Crippen LogP contribution in [0.1, 0.15) is 54.6 Å². The maximum Gasteiger partial charge on any atom is 0.306 e. The van der Waals surface area contributed by atoms with Gasteiger partial charge in [-0.2, -0.15) is 0 Å². The molecule has 0 aliphatic carbocycles. The Morgan fingerprint density at radius 1 is 1.00 bits per heavy atom. The molecule has 11 nitrogen and oxygen atoms in total. The van der Waals surface area contributed by atoms with E-state index in [1.807, 2.05) is 44.2 Å². The molecule has 1 saturated heterocycles. The first-order valence-corrected chi connectivity index (χ1v) is 14.3. The molecule has 11 heteroatoms. The van der Waals surface area contributed by atoms with Gasteiger partial charge in [0.05, 0.1) is 26.2 Å². The lowest BCUT2D eigenvalue weighted by atomic mass is 10.0. The standard InChI is InChI=1S/C31H38N4O7/c1-21(2)12-13-27(36)35(34-20-23-10-6-7-11-24(23)30(34)40)26(19-28(37)38)29(39)32-25(18-22-8-4-3-5-9-22)31(41)33-14-16-42-17-15-33/h3-11,21,25-26H,12-20H2,1-2H3,(H,32,39)(H,37,38). The molecular formula is C31H38N4O7. The van der Waals surface area contributed by atoms with Gasteiger partial charge in [0.2, 0.25) is 17.7 Å². The molecule has 224 valence electrons. The highest BCUT2D eigenvalue weighted by Gasteiger charge is 2.42. The van der Waals surface area contributed by atoms with E-state index in [1.54, 1.807) is 29.2 Å². The molecule has 2 aliphatic heterocycles. The first kappa shape index (κ1) is 30.7. The fraction of sp³-hybridized carbons (Fsp3) is 0.452. The van der Waals surface area contributed by atoms with Gasteiger partial charge in [-0.15, -0.1) is 0 Å². The number of nitrogens with zero attached hydrogens (tertiary/aromatic N) is 3. The van der Waals surface area contributed by atoms with Crippen LogP contribution in [0.15, 0.2) is 54.6 Å². The molecule has 2 atom stereocenters. The van der Waals surface area contributed by atoms with Crippen molar-refractivity contribution in [2.24, 2.45) is 5.92 Å². The highest BCUT2D eigenvalue weighted by Crippen LogP contribution is 2.27. The summed E-state index contributed by atoms with van der Waals surface area (Å²) in [5.74, 6) is -3.33. The number of morpholine rings is 1. The van der Waals surface area contributed by atoms with Gasteiger partial charge in [-0.3, -0.25) is 24.0 Å². The van der Waals surface area contributed by atoms with E-state index in [2.05, 4.69) is 5.32 Å². The minimum absolute atomic E-state index is 0.0152. The third-order valence-electron chi connectivity index (χ3n) is 7.44. The number of carbonyl (C=O) groups excluding carboxylic acids is 4. The molecule has 2 aromatic carbocycles. The zero-order valence-electron chi connectivity index (χ0n) is 24.0. The normalized spacial score (nSPS) is 16.1. The highest BCUT2D eigenvalue weighted by atomic mass is 16.5. The Morgan fingerprint density at radius 2 is 1.67 bits per heavy atom. The maximum absolute atomic E-state index is 14.0. The van der Waals surface area contributed by atoms with Crippen molar-refractivity contribution in [1.29, 1.82) is 0 Å². The second kappa shape index (κ2) is 14.1. The number of amides is 4. The molecule has 4 amide bonds. The molecule has 0 spiro atoms. The van der Waals surface area contributed by atoms with E-state index in [0.29, 0.717) is 43.9 Å². The molecule has 42 heavy (non-hydrogen) atoms. The lowest BCUT2D eigenvalue weighted by Crippen LogP contribution is -2.61. The van der Waals surface area contributed by atoms with Gasteiger partial charge >= 0.3 is 5.97 Å². The molecule has 1 fully saturated rings. The van der Waals surface area contributed by atoms with Gasteiger partial charge in [0.25, 0.3) is 5.91 Å². The molecule has 4 rings (SSSR count). The molecule has 0 saturated carbocycles. The van der Waals surface area contributed by atoms with E-state index < -0.39 is 42.2 Å². The monoisotopic (exact) mass is 578 g/mol. The Kier molecular flexibility index (Phi) is 10.3. The molecule has 2 heterocycles. The minimum Gasteiger partial charge on any atom is -0.481 e. The molecule has 0 bridgehead atoms. The fourth-order valence-electron chi connectivity index (χ4n) is 5.19. The number of benzene rings is 2. The third-order valence-corrected chi connectivity index (χ3v) is 7.44. The van der Waals surface area contributed by atoms with Crippen LogP contribution in [0.3, 0.4) is 0 Å². The van der Waals surface area contributed by atoms with Crippen molar-refractivity contribution < 1.29 is 33.8 Å². The molecule has 0 radical (unpaired) electrons. The van der Waals surface area contributed by atoms with Crippen LogP contribution in [-0.4, -0.2) is 88.0 Å². The van der Waals surface area contributed by atoms with Gasteiger partial charge in [-0.05, 0) is 29.5 Å². The lowest BCUT2D eigenvalue weighted by molar-refractivity contribution is -0.161. The second-order valence-corrected chi connectivity index (χ2v) is 11.0. The zero-order chi connectivity index (χ0) is 30.2. The summed E-state index contributed by atoms with van der Waals surface area (Å²) in [4.78, 5) is 68.4. The summed E-state index contributed by atoms with van der Waals surface area (Å²) in [7, 11) is 0. The smallest absolute Gasteiger partial charge is 0.306 e. The lowest BCUT2D eigenvalue weighted by Gasteiger charge is -2.38. The number of hydrazine groups is 1. The Morgan fingerprint density at radius 3 is 2.31 bits per heavy atom. The van der Waals surface area contributed by atoms with Crippen LogP contribution in [0.25, 0.3) is 0 Å². The van der Waals surface area contributed by atoms with Gasteiger partial charge in [-0.25, -0.2) is 10.0 Å². The number of rotatable bonds is 12. The summed E-state index contributed by atoms with van der Waals surface area (Å²) in [5, 5.41) is 14.8. The van der Waals surface area contributed by atoms with Crippen LogP contribution in [0.5, 0.6) is 0 Å². The molecular weight excluding hydrogens is 540 g/mol. The van der Waals surface area contributed by atoms with Gasteiger partial charge in [-0.1, -0.05) is 62.4 Å². The van der Waals surface area contributed by atoms with Crippen LogP contribution >= 0.6 is 0 Å². The molecule has 2 aromatic rings. The molecule has 0 aromatic heterocycles. The van der Waals surface area contributed by atoms with Crippen LogP contribution in [0.4, 0.5) is 0 Å². The number of hydrogen-bond donors (Lipinski definition) is 2. The molecule has 2 aliphatic rings. The molecule has 2 unspecified atom stereocenters. The van der Waals surface area contributed by atoms with Gasteiger partial charge < -0.3 is 20.1 Å². The number of carboxylic acid groups (broad SMARTS) is 1. The number of ether oxygens (including phenoxy) is 1. The van der Waals surface area contributed by atoms with Crippen molar-refractivity contribution in [3.8, 4) is 0 Å². The second-order valence-electron chi connectivity index (χ2n) is 11.0. The topological polar surface area (TPSA) is 137 Å². The summed E-state index contributed by atoms with van der Waals surface area (Å²) in [6.07, 6.45) is -0.0830. The summed E-state index contributed by atoms with van der Waals surface area (Å²) < 4.78 is 5.37. The fourth-order valence-corrected chi connectivity index (χ4v) is 5.19. The summed E-state index contributed by atoms with van der Waals surface area (Å²) in [6.45, 7) is 5.37. The average Bonchev–Trinajstić information content (AvgIpc) is 3.31. The van der Waals surface area contributed by atoms with E-state index in [1.165, 1.54) is 0 Å². The number of aliphatic carboxylic acids is 1. The number of nitrogens with one attached hydrogen (secondary N) is 1.